The molecule has 4 aromatic carbocycles. The van der Waals surface area contributed by atoms with Crippen LogP contribution in [0.15, 0.2) is 48.5 Å². The van der Waals surface area contributed by atoms with Crippen molar-refractivity contribution in [2.24, 2.45) is 0 Å². The second kappa shape index (κ2) is 10.3. The second-order valence-corrected chi connectivity index (χ2v) is 10.8. The third-order valence-electron chi connectivity index (χ3n) is 7.75. The van der Waals surface area contributed by atoms with Crippen molar-refractivity contribution < 1.29 is 15.3 Å². The van der Waals surface area contributed by atoms with Crippen molar-refractivity contribution >= 4 is 0 Å². The monoisotopic (exact) mass is 494 g/mol. The van der Waals surface area contributed by atoms with Crippen LogP contribution in [0.5, 0.6) is 17.2 Å². The van der Waals surface area contributed by atoms with E-state index in [0.717, 1.165) is 51.8 Å². The van der Waals surface area contributed by atoms with E-state index in [1.54, 1.807) is 6.07 Å². The molecule has 0 aliphatic rings. The van der Waals surface area contributed by atoms with Gasteiger partial charge in [0.25, 0.3) is 0 Å². The molecule has 37 heavy (non-hydrogen) atoms. The summed E-state index contributed by atoms with van der Waals surface area (Å²) in [6.45, 7) is 14.2. The highest BCUT2D eigenvalue weighted by Gasteiger charge is 2.14. The molecule has 0 spiro atoms. The molecule has 0 fully saturated rings. The molecule has 0 saturated heterocycles. The average Bonchev–Trinajstić information content (AvgIpc) is 2.82. The van der Waals surface area contributed by atoms with Gasteiger partial charge >= 0.3 is 0 Å². The summed E-state index contributed by atoms with van der Waals surface area (Å²) in [6, 6.07) is 16.5. The van der Waals surface area contributed by atoms with Gasteiger partial charge in [-0.15, -0.1) is 0 Å². The molecular weight excluding hydrogens is 456 g/mol. The van der Waals surface area contributed by atoms with E-state index in [9.17, 15) is 15.3 Å². The normalized spacial score (nSPS) is 11.2. The lowest BCUT2D eigenvalue weighted by Gasteiger charge is -2.16. The largest absolute Gasteiger partial charge is 0.508 e. The van der Waals surface area contributed by atoms with Crippen LogP contribution in [0.1, 0.15) is 72.3 Å². The first-order valence-corrected chi connectivity index (χ1v) is 12.9. The van der Waals surface area contributed by atoms with E-state index in [0.29, 0.717) is 23.7 Å². The van der Waals surface area contributed by atoms with Crippen molar-refractivity contribution in [3.05, 3.63) is 121 Å². The van der Waals surface area contributed by atoms with Crippen LogP contribution < -0.4 is 0 Å². The van der Waals surface area contributed by atoms with E-state index in [1.807, 2.05) is 39.8 Å². The Balaban J connectivity index is 1.66. The Labute approximate surface area is 221 Å². The third kappa shape index (κ3) is 5.67. The smallest absolute Gasteiger partial charge is 0.122 e. The molecule has 0 heterocycles. The van der Waals surface area contributed by atoms with Gasteiger partial charge in [0.2, 0.25) is 0 Å². The predicted octanol–water partition coefficient (Wildman–Crippen LogP) is 7.73. The Hall–Kier alpha value is -3.72. The number of hydrogen-bond donors (Lipinski definition) is 3. The van der Waals surface area contributed by atoms with Crippen LogP contribution in [0.2, 0.25) is 0 Å². The number of hydrogen-bond acceptors (Lipinski definition) is 3. The number of aryl methyl sites for hydroxylation is 6. The highest BCUT2D eigenvalue weighted by Crippen LogP contribution is 2.31. The molecule has 3 nitrogen and oxygen atoms in total. The summed E-state index contributed by atoms with van der Waals surface area (Å²) in [5.74, 6) is 0.991. The minimum absolute atomic E-state index is 0.304. The topological polar surface area (TPSA) is 60.7 Å². The van der Waals surface area contributed by atoms with Gasteiger partial charge in [0.05, 0.1) is 0 Å². The van der Waals surface area contributed by atoms with Crippen molar-refractivity contribution in [3.8, 4) is 17.2 Å². The summed E-state index contributed by atoms with van der Waals surface area (Å²) in [5.41, 5.74) is 14.3. The Bertz CT molecular complexity index is 1380. The fourth-order valence-corrected chi connectivity index (χ4v) is 5.22. The molecule has 4 aromatic rings. The van der Waals surface area contributed by atoms with Crippen molar-refractivity contribution in [1.82, 2.24) is 0 Å². The quantitative estimate of drug-likeness (QED) is 0.257. The van der Waals surface area contributed by atoms with E-state index in [1.165, 1.54) is 33.4 Å². The van der Waals surface area contributed by atoms with Crippen LogP contribution in [0.3, 0.4) is 0 Å². The van der Waals surface area contributed by atoms with Gasteiger partial charge in [-0.25, -0.2) is 0 Å². The van der Waals surface area contributed by atoms with E-state index < -0.39 is 0 Å². The molecule has 0 amide bonds. The Morgan fingerprint density at radius 3 is 1.41 bits per heavy atom. The minimum Gasteiger partial charge on any atom is -0.508 e. The van der Waals surface area contributed by atoms with Crippen LogP contribution in [0, 0.1) is 48.5 Å². The Morgan fingerprint density at radius 1 is 0.405 bits per heavy atom. The van der Waals surface area contributed by atoms with Gasteiger partial charge in [-0.2, -0.15) is 0 Å². The molecule has 0 aliphatic carbocycles. The van der Waals surface area contributed by atoms with Gasteiger partial charge in [-0.3, -0.25) is 0 Å². The molecule has 0 aliphatic heterocycles. The molecule has 0 atom stereocenters. The van der Waals surface area contributed by atoms with E-state index >= 15 is 0 Å². The Morgan fingerprint density at radius 2 is 0.865 bits per heavy atom. The lowest BCUT2D eigenvalue weighted by atomic mass is 9.89. The molecular formula is C34H38O3. The molecule has 192 valence electrons. The highest BCUT2D eigenvalue weighted by atomic mass is 16.3. The van der Waals surface area contributed by atoms with Crippen LogP contribution in [-0.2, 0) is 19.3 Å². The maximum absolute atomic E-state index is 10.9. The second-order valence-electron chi connectivity index (χ2n) is 10.8. The van der Waals surface area contributed by atoms with Crippen molar-refractivity contribution in [2.75, 3.05) is 0 Å². The van der Waals surface area contributed by atoms with E-state index in [2.05, 4.69) is 51.1 Å². The lowest BCUT2D eigenvalue weighted by molar-refractivity contribution is 0.464. The summed E-state index contributed by atoms with van der Waals surface area (Å²) in [5, 5.41) is 31.0. The van der Waals surface area contributed by atoms with Gasteiger partial charge in [0, 0.05) is 6.42 Å². The zero-order valence-electron chi connectivity index (χ0n) is 23.1. The fourth-order valence-electron chi connectivity index (χ4n) is 5.22. The molecule has 0 unspecified atom stereocenters. The number of aromatic hydroxyl groups is 3. The molecule has 4 rings (SSSR count). The summed E-state index contributed by atoms with van der Waals surface area (Å²) < 4.78 is 0. The predicted molar refractivity (Wildman–Crippen MR) is 152 cm³/mol. The number of phenols is 3. The van der Waals surface area contributed by atoms with Crippen molar-refractivity contribution in [1.29, 1.82) is 0 Å². The number of rotatable bonds is 6. The summed E-state index contributed by atoms with van der Waals surface area (Å²) in [6.07, 6.45) is 2.22. The van der Waals surface area contributed by atoms with Gasteiger partial charge in [0.1, 0.15) is 17.2 Å². The van der Waals surface area contributed by atoms with Gasteiger partial charge in [-0.05, 0) is 146 Å². The summed E-state index contributed by atoms with van der Waals surface area (Å²) in [4.78, 5) is 0. The maximum atomic E-state index is 10.9. The first-order valence-electron chi connectivity index (χ1n) is 12.9. The number of benzene rings is 4. The SMILES string of the molecule is Cc1cc(Cc2cc(Cc3cc(C)c(O)c(Cc4cc(C)c(O)cc4C)c3)cc(C)c2C)c(C)cc1O. The average molecular weight is 495 g/mol. The van der Waals surface area contributed by atoms with Crippen LogP contribution in [0.4, 0.5) is 0 Å². The first-order chi connectivity index (χ1) is 17.4. The van der Waals surface area contributed by atoms with Crippen molar-refractivity contribution in [2.45, 2.75) is 67.7 Å². The first kappa shape index (κ1) is 26.3. The summed E-state index contributed by atoms with van der Waals surface area (Å²) >= 11 is 0. The molecule has 0 radical (unpaired) electrons. The fraction of sp³-hybridized carbons (Fsp3) is 0.294. The third-order valence-corrected chi connectivity index (χ3v) is 7.75. The molecule has 3 N–H and O–H groups in total. The highest BCUT2D eigenvalue weighted by molar-refractivity contribution is 5.51. The standard InChI is InChI=1S/C34H38O3/c1-19-8-26(15-30(25(19)7)17-28-10-22(4)32(35)12-20(28)2)14-27-9-24(6)34(37)31(16-27)18-29-11-23(5)33(36)13-21(29)3/h8-13,15-16,35-37H,14,17-18H2,1-7H3. The van der Waals surface area contributed by atoms with Crippen molar-refractivity contribution in [3.63, 3.8) is 0 Å². The van der Waals surface area contributed by atoms with E-state index in [-0.39, 0.29) is 0 Å². The molecule has 0 saturated carbocycles. The zero-order valence-corrected chi connectivity index (χ0v) is 23.1. The molecule has 0 aromatic heterocycles. The van der Waals surface area contributed by atoms with Crippen LogP contribution >= 0.6 is 0 Å². The lowest BCUT2D eigenvalue weighted by Crippen LogP contribution is -2.01. The van der Waals surface area contributed by atoms with Crippen LogP contribution in [0.25, 0.3) is 0 Å². The van der Waals surface area contributed by atoms with Crippen LogP contribution in [-0.4, -0.2) is 15.3 Å². The minimum atomic E-state index is 0.304. The van der Waals surface area contributed by atoms with Gasteiger partial charge in [0.15, 0.2) is 0 Å². The maximum Gasteiger partial charge on any atom is 0.122 e. The van der Waals surface area contributed by atoms with Gasteiger partial charge < -0.3 is 15.3 Å². The van der Waals surface area contributed by atoms with E-state index in [4.69, 9.17) is 0 Å². The number of phenolic OH excluding ortho intramolecular Hbond substituents is 3. The van der Waals surface area contributed by atoms with Gasteiger partial charge in [-0.1, -0.05) is 36.4 Å². The molecule has 0 bridgehead atoms. The summed E-state index contributed by atoms with van der Waals surface area (Å²) in [7, 11) is 0. The zero-order chi connectivity index (χ0) is 27.0. The molecule has 3 heteroatoms. The Kier molecular flexibility index (Phi) is 7.36.